The first kappa shape index (κ1) is 19.4. The molecular weight excluding hydrogens is 384 g/mol. The number of hydrogen-bond acceptors (Lipinski definition) is 3. The highest BCUT2D eigenvalue weighted by atomic mass is 35.5. The zero-order chi connectivity index (χ0) is 20.5. The molecule has 0 aromatic heterocycles. The molecule has 146 valence electrons. The van der Waals surface area contributed by atoms with E-state index < -0.39 is 6.04 Å². The third kappa shape index (κ3) is 3.69. The second-order valence-corrected chi connectivity index (χ2v) is 7.67. The maximum atomic E-state index is 12.6. The average Bonchev–Trinajstić information content (AvgIpc) is 2.81. The number of nitrogens with one attached hydrogen (secondary N) is 1. The molecule has 0 radical (unpaired) electrons. The zero-order valence-corrected chi connectivity index (χ0v) is 17.0. The number of likely N-dealkylation sites (N-methyl/N-ethyl adjacent to an activating group) is 1. The summed E-state index contributed by atoms with van der Waals surface area (Å²) in [6.45, 7) is 1.43. The summed E-state index contributed by atoms with van der Waals surface area (Å²) < 4.78 is 0. The van der Waals surface area contributed by atoms with E-state index in [1.807, 2.05) is 42.5 Å². The SMILES string of the molecule is CC(=O)C1NC(c2ccccc2)c2cc(Cl)ccc2N(C)C1=O.c1cc2ccc1-2. The van der Waals surface area contributed by atoms with Crippen LogP contribution in [-0.4, -0.2) is 24.8 Å². The second kappa shape index (κ2) is 7.82. The van der Waals surface area contributed by atoms with Crippen LogP contribution in [0.15, 0.2) is 72.8 Å². The Bertz CT molecular complexity index is 1040. The normalized spacial score (nSPS) is 18.9. The lowest BCUT2D eigenvalue weighted by Crippen LogP contribution is -2.48. The number of Topliss-reactive ketones (excluding diaryl/α,β-unsaturated/α-hetero) is 1. The molecule has 4 nitrogen and oxygen atoms in total. The fourth-order valence-electron chi connectivity index (χ4n) is 3.58. The molecule has 2 aromatic carbocycles. The van der Waals surface area contributed by atoms with Gasteiger partial charge in [0.1, 0.15) is 6.04 Å². The van der Waals surface area contributed by atoms with E-state index in [0.717, 1.165) is 16.8 Å². The summed E-state index contributed by atoms with van der Waals surface area (Å²) in [5, 5.41) is 3.79. The number of nitrogens with zero attached hydrogens (tertiary/aromatic N) is 1. The van der Waals surface area contributed by atoms with Gasteiger partial charge in [0.05, 0.1) is 6.04 Å². The van der Waals surface area contributed by atoms with Crippen molar-refractivity contribution in [1.29, 1.82) is 0 Å². The largest absolute Gasteiger partial charge is 0.313 e. The van der Waals surface area contributed by atoms with Crippen molar-refractivity contribution in [2.24, 2.45) is 0 Å². The van der Waals surface area contributed by atoms with Crippen molar-refractivity contribution in [3.8, 4) is 11.1 Å². The minimum Gasteiger partial charge on any atom is -0.313 e. The predicted molar refractivity (Wildman–Crippen MR) is 116 cm³/mol. The van der Waals surface area contributed by atoms with Crippen LogP contribution in [0.5, 0.6) is 0 Å². The van der Waals surface area contributed by atoms with Gasteiger partial charge in [-0.15, -0.1) is 0 Å². The fourth-order valence-corrected chi connectivity index (χ4v) is 3.76. The van der Waals surface area contributed by atoms with Gasteiger partial charge in [-0.25, -0.2) is 0 Å². The number of fused-ring (bicyclic) bond motifs is 2. The maximum absolute atomic E-state index is 12.6. The molecule has 1 aliphatic heterocycles. The van der Waals surface area contributed by atoms with E-state index in [0.29, 0.717) is 5.02 Å². The van der Waals surface area contributed by atoms with Gasteiger partial charge in [0.25, 0.3) is 5.91 Å². The van der Waals surface area contributed by atoms with Crippen LogP contribution in [0.4, 0.5) is 5.69 Å². The number of ketones is 1. The Kier molecular flexibility index (Phi) is 5.22. The Hall–Kier alpha value is -2.95. The molecule has 2 atom stereocenters. The number of amides is 1. The molecule has 2 aliphatic carbocycles. The Morgan fingerprint density at radius 1 is 0.966 bits per heavy atom. The van der Waals surface area contributed by atoms with Gasteiger partial charge < -0.3 is 4.90 Å². The average molecular weight is 405 g/mol. The molecule has 0 spiro atoms. The van der Waals surface area contributed by atoms with Crippen LogP contribution in [0.3, 0.4) is 0 Å². The summed E-state index contributed by atoms with van der Waals surface area (Å²) in [5.74, 6) is -0.471. The Morgan fingerprint density at radius 2 is 1.59 bits per heavy atom. The molecule has 0 saturated heterocycles. The molecule has 1 N–H and O–H groups in total. The highest BCUT2D eigenvalue weighted by Gasteiger charge is 2.35. The number of hydrogen-bond donors (Lipinski definition) is 1. The third-order valence-electron chi connectivity index (χ3n) is 5.33. The summed E-state index contributed by atoms with van der Waals surface area (Å²) in [5.41, 5.74) is 5.46. The zero-order valence-electron chi connectivity index (χ0n) is 16.2. The van der Waals surface area contributed by atoms with Crippen LogP contribution in [-0.2, 0) is 9.59 Å². The van der Waals surface area contributed by atoms with E-state index in [-0.39, 0.29) is 17.7 Å². The summed E-state index contributed by atoms with van der Waals surface area (Å²) in [4.78, 5) is 26.1. The van der Waals surface area contributed by atoms with Gasteiger partial charge >= 0.3 is 0 Å². The second-order valence-electron chi connectivity index (χ2n) is 7.23. The van der Waals surface area contributed by atoms with Gasteiger partial charge in [-0.1, -0.05) is 66.2 Å². The number of halogens is 1. The number of carbonyl (C=O) groups excluding carboxylic acids is 2. The number of benzene rings is 3. The maximum Gasteiger partial charge on any atom is 0.251 e. The first-order valence-electron chi connectivity index (χ1n) is 9.44. The molecule has 0 saturated carbocycles. The molecule has 0 fully saturated rings. The van der Waals surface area contributed by atoms with Crippen molar-refractivity contribution in [3.63, 3.8) is 0 Å². The summed E-state index contributed by atoms with van der Waals surface area (Å²) >= 11 is 6.17. The van der Waals surface area contributed by atoms with E-state index in [1.54, 1.807) is 13.1 Å². The lowest BCUT2D eigenvalue weighted by Gasteiger charge is -2.21. The van der Waals surface area contributed by atoms with Crippen LogP contribution in [0, 0.1) is 0 Å². The first-order chi connectivity index (χ1) is 14.0. The molecule has 3 aliphatic rings. The van der Waals surface area contributed by atoms with Crippen molar-refractivity contribution in [3.05, 3.63) is 88.9 Å². The molecule has 5 heteroatoms. The number of carbonyl (C=O) groups is 2. The third-order valence-corrected chi connectivity index (χ3v) is 5.57. The van der Waals surface area contributed by atoms with E-state index in [1.165, 1.54) is 23.0 Å². The van der Waals surface area contributed by atoms with E-state index in [9.17, 15) is 9.59 Å². The predicted octanol–water partition coefficient (Wildman–Crippen LogP) is 4.62. The van der Waals surface area contributed by atoms with Crippen LogP contribution in [0.2, 0.25) is 5.02 Å². The Morgan fingerprint density at radius 3 is 2.10 bits per heavy atom. The van der Waals surface area contributed by atoms with Crippen molar-refractivity contribution in [2.75, 3.05) is 11.9 Å². The van der Waals surface area contributed by atoms with Crippen LogP contribution in [0.25, 0.3) is 11.1 Å². The summed E-state index contributed by atoms with van der Waals surface area (Å²) in [7, 11) is 1.68. The monoisotopic (exact) mass is 404 g/mol. The van der Waals surface area contributed by atoms with Gasteiger partial charge in [-0.3, -0.25) is 14.9 Å². The lowest BCUT2D eigenvalue weighted by atomic mass is 9.95. The minimum atomic E-state index is -0.878. The quantitative estimate of drug-likeness (QED) is 0.496. The van der Waals surface area contributed by atoms with Gasteiger partial charge in [0.2, 0.25) is 0 Å². The molecule has 0 bridgehead atoms. The first-order valence-corrected chi connectivity index (χ1v) is 9.82. The van der Waals surface area contributed by atoms with E-state index >= 15 is 0 Å². The van der Waals surface area contributed by atoms with Crippen LogP contribution in [0.1, 0.15) is 24.1 Å². The van der Waals surface area contributed by atoms with Crippen molar-refractivity contribution in [2.45, 2.75) is 19.0 Å². The van der Waals surface area contributed by atoms with Crippen molar-refractivity contribution in [1.82, 2.24) is 5.32 Å². The topological polar surface area (TPSA) is 49.4 Å². The molecule has 29 heavy (non-hydrogen) atoms. The van der Waals surface area contributed by atoms with Gasteiger partial charge in [0, 0.05) is 17.8 Å². The smallest absolute Gasteiger partial charge is 0.251 e. The van der Waals surface area contributed by atoms with Crippen molar-refractivity contribution >= 4 is 29.0 Å². The molecule has 5 rings (SSSR count). The lowest BCUT2D eigenvalue weighted by molar-refractivity contribution is -0.128. The summed E-state index contributed by atoms with van der Waals surface area (Å²) in [6.07, 6.45) is 0. The van der Waals surface area contributed by atoms with E-state index in [4.69, 9.17) is 11.6 Å². The highest BCUT2D eigenvalue weighted by Crippen LogP contribution is 2.35. The van der Waals surface area contributed by atoms with Crippen LogP contribution >= 0.6 is 11.6 Å². The highest BCUT2D eigenvalue weighted by molar-refractivity contribution is 6.30. The minimum absolute atomic E-state index is 0.207. The molecular formula is C24H21ClN2O2. The van der Waals surface area contributed by atoms with E-state index in [2.05, 4.69) is 29.6 Å². The molecule has 1 heterocycles. The molecule has 2 aromatic rings. The summed E-state index contributed by atoms with van der Waals surface area (Å²) in [6, 6.07) is 22.5. The number of rotatable bonds is 2. The van der Waals surface area contributed by atoms with Crippen LogP contribution < -0.4 is 10.2 Å². The van der Waals surface area contributed by atoms with Crippen molar-refractivity contribution < 1.29 is 9.59 Å². The molecule has 1 amide bonds. The standard InChI is InChI=1S/C18H17ClN2O2.C6H4/c1-11(22)16-18(23)21(2)15-9-8-13(19)10-14(15)17(20-16)12-6-4-3-5-7-12;1-2-6-4-3-5(1)6/h3-10,16-17,20H,1-2H3;1-4H. The van der Waals surface area contributed by atoms with Gasteiger partial charge in [-0.2, -0.15) is 0 Å². The fraction of sp³-hybridized carbons (Fsp3) is 0.167. The Labute approximate surface area is 175 Å². The van der Waals surface area contributed by atoms with Gasteiger partial charge in [-0.05, 0) is 47.4 Å². The number of anilines is 1. The Balaban J connectivity index is 0.000000286. The molecule has 2 unspecified atom stereocenters. The van der Waals surface area contributed by atoms with Gasteiger partial charge in [0.15, 0.2) is 5.78 Å².